The number of carbonyl (C=O) groups is 1. The van der Waals surface area contributed by atoms with Crippen LogP contribution in [0.25, 0.3) is 10.2 Å². The second-order valence-electron chi connectivity index (χ2n) is 8.67. The van der Waals surface area contributed by atoms with Crippen molar-refractivity contribution in [2.24, 2.45) is 0 Å². The van der Waals surface area contributed by atoms with Crippen molar-refractivity contribution < 1.29 is 22.7 Å². The molecule has 4 rings (SSSR count). The standard InChI is InChI=1S/C24H29ClN4O5S2/c1-27(2)14-15-28(24-26-21-20(34-4)12-11-18(25)22(21)35-24)23(30)19-6-5-13-29(19)36(31,32)17-9-7-16(33-3)8-10-17/h7-12,19H,5-6,13-15H2,1-4H3. The van der Waals surface area contributed by atoms with Gasteiger partial charge in [-0.2, -0.15) is 4.31 Å². The van der Waals surface area contributed by atoms with Crippen LogP contribution >= 0.6 is 22.9 Å². The number of hydrogen-bond donors (Lipinski definition) is 0. The third-order valence-electron chi connectivity index (χ3n) is 6.09. The zero-order valence-electron chi connectivity index (χ0n) is 20.6. The number of aromatic nitrogens is 1. The van der Waals surface area contributed by atoms with Crippen LogP contribution in [0.3, 0.4) is 0 Å². The summed E-state index contributed by atoms with van der Waals surface area (Å²) in [6.45, 7) is 1.19. The molecule has 1 fully saturated rings. The number of halogens is 1. The van der Waals surface area contributed by atoms with Gasteiger partial charge in [0.25, 0.3) is 0 Å². The molecule has 0 spiro atoms. The first-order valence-electron chi connectivity index (χ1n) is 11.4. The van der Waals surface area contributed by atoms with E-state index in [0.29, 0.717) is 57.8 Å². The maximum atomic E-state index is 13.9. The van der Waals surface area contributed by atoms with Crippen molar-refractivity contribution in [3.8, 4) is 11.5 Å². The number of methoxy groups -OCH3 is 2. The Balaban J connectivity index is 1.70. The molecule has 1 aromatic heterocycles. The molecule has 9 nitrogen and oxygen atoms in total. The number of benzene rings is 2. The van der Waals surface area contributed by atoms with E-state index in [4.69, 9.17) is 26.1 Å². The lowest BCUT2D eigenvalue weighted by molar-refractivity contribution is -0.121. The topological polar surface area (TPSA) is 92.3 Å². The van der Waals surface area contributed by atoms with Gasteiger partial charge in [-0.1, -0.05) is 22.9 Å². The van der Waals surface area contributed by atoms with Crippen molar-refractivity contribution in [1.29, 1.82) is 0 Å². The predicted octanol–water partition coefficient (Wildman–Crippen LogP) is 3.71. The molecule has 1 aliphatic heterocycles. The van der Waals surface area contributed by atoms with Crippen molar-refractivity contribution in [2.75, 3.05) is 52.8 Å². The molecule has 0 saturated carbocycles. The van der Waals surface area contributed by atoms with Gasteiger partial charge in [-0.15, -0.1) is 0 Å². The molecular formula is C24H29ClN4O5S2. The summed E-state index contributed by atoms with van der Waals surface area (Å²) in [7, 11) is 3.01. The van der Waals surface area contributed by atoms with Crippen molar-refractivity contribution in [3.05, 3.63) is 41.4 Å². The van der Waals surface area contributed by atoms with Crippen molar-refractivity contribution in [3.63, 3.8) is 0 Å². The highest BCUT2D eigenvalue weighted by molar-refractivity contribution is 7.89. The van der Waals surface area contributed by atoms with E-state index >= 15 is 0 Å². The summed E-state index contributed by atoms with van der Waals surface area (Å²) in [4.78, 5) is 22.3. The lowest BCUT2D eigenvalue weighted by Crippen LogP contribution is -2.49. The van der Waals surface area contributed by atoms with Gasteiger partial charge in [0.05, 0.1) is 28.8 Å². The second-order valence-corrected chi connectivity index (χ2v) is 11.9. The van der Waals surface area contributed by atoms with Crippen molar-refractivity contribution in [2.45, 2.75) is 23.8 Å². The van der Waals surface area contributed by atoms with E-state index in [0.717, 1.165) is 0 Å². The average molecular weight is 553 g/mol. The number of anilines is 1. The van der Waals surface area contributed by atoms with Crippen LogP contribution in [0.5, 0.6) is 11.5 Å². The number of carbonyl (C=O) groups excluding carboxylic acids is 1. The minimum atomic E-state index is -3.89. The van der Waals surface area contributed by atoms with Gasteiger partial charge in [0.1, 0.15) is 23.1 Å². The maximum Gasteiger partial charge on any atom is 0.247 e. The van der Waals surface area contributed by atoms with Crippen LogP contribution in [0, 0.1) is 0 Å². The van der Waals surface area contributed by atoms with Crippen LogP contribution in [0.15, 0.2) is 41.3 Å². The van der Waals surface area contributed by atoms with Crippen LogP contribution in [-0.4, -0.2) is 82.5 Å². The summed E-state index contributed by atoms with van der Waals surface area (Å²) < 4.78 is 39.6. The predicted molar refractivity (Wildman–Crippen MR) is 142 cm³/mol. The molecule has 0 N–H and O–H groups in total. The van der Waals surface area contributed by atoms with Gasteiger partial charge >= 0.3 is 0 Å². The first kappa shape index (κ1) is 26.6. The number of thiazole rings is 1. The van der Waals surface area contributed by atoms with E-state index in [1.54, 1.807) is 36.3 Å². The van der Waals surface area contributed by atoms with E-state index < -0.39 is 16.1 Å². The Morgan fingerprint density at radius 2 is 1.86 bits per heavy atom. The van der Waals surface area contributed by atoms with Crippen molar-refractivity contribution >= 4 is 54.2 Å². The summed E-state index contributed by atoms with van der Waals surface area (Å²) in [6, 6.07) is 8.84. The molecule has 2 heterocycles. The quantitative estimate of drug-likeness (QED) is 0.399. The summed E-state index contributed by atoms with van der Waals surface area (Å²) in [6.07, 6.45) is 1.02. The SMILES string of the molecule is COc1ccc(S(=O)(=O)N2CCCC2C(=O)N(CCN(C)C)c2nc3c(OC)ccc(Cl)c3s2)cc1. The summed E-state index contributed by atoms with van der Waals surface area (Å²) in [5.41, 5.74) is 0.571. The molecule has 36 heavy (non-hydrogen) atoms. The largest absolute Gasteiger partial charge is 0.497 e. The zero-order valence-corrected chi connectivity index (χ0v) is 23.0. The lowest BCUT2D eigenvalue weighted by Gasteiger charge is -2.29. The van der Waals surface area contributed by atoms with Crippen LogP contribution in [0.1, 0.15) is 12.8 Å². The Labute approximate surface area is 220 Å². The number of likely N-dealkylation sites (N-methyl/N-ethyl adjacent to an activating group) is 1. The van der Waals surface area contributed by atoms with Crippen LogP contribution in [0.4, 0.5) is 5.13 Å². The zero-order chi connectivity index (χ0) is 26.0. The van der Waals surface area contributed by atoms with Gasteiger partial charge < -0.3 is 14.4 Å². The molecule has 1 amide bonds. The Hall–Kier alpha value is -2.44. The Bertz CT molecular complexity index is 1340. The maximum absolute atomic E-state index is 13.9. The van der Waals surface area contributed by atoms with E-state index in [9.17, 15) is 13.2 Å². The minimum absolute atomic E-state index is 0.124. The lowest BCUT2D eigenvalue weighted by atomic mass is 10.2. The highest BCUT2D eigenvalue weighted by atomic mass is 35.5. The van der Waals surface area contributed by atoms with E-state index in [1.807, 2.05) is 19.0 Å². The number of amides is 1. The minimum Gasteiger partial charge on any atom is -0.497 e. The number of sulfonamides is 1. The van der Waals surface area contributed by atoms with Crippen LogP contribution in [0.2, 0.25) is 5.02 Å². The molecule has 1 saturated heterocycles. The third kappa shape index (κ3) is 5.16. The van der Waals surface area contributed by atoms with Crippen LogP contribution in [-0.2, 0) is 14.8 Å². The summed E-state index contributed by atoms with van der Waals surface area (Å²) in [5.74, 6) is 0.810. The van der Waals surface area contributed by atoms with E-state index in [-0.39, 0.29) is 17.3 Å². The fourth-order valence-corrected chi connectivity index (χ4v) is 7.10. The third-order valence-corrected chi connectivity index (χ3v) is 9.55. The average Bonchev–Trinajstić information content (AvgIpc) is 3.53. The van der Waals surface area contributed by atoms with E-state index in [2.05, 4.69) is 0 Å². The highest BCUT2D eigenvalue weighted by Crippen LogP contribution is 2.39. The molecule has 0 aliphatic carbocycles. The second kappa shape index (κ2) is 10.9. The van der Waals surface area contributed by atoms with Gasteiger partial charge in [-0.3, -0.25) is 9.69 Å². The summed E-state index contributed by atoms with van der Waals surface area (Å²) >= 11 is 7.71. The molecule has 194 valence electrons. The fourth-order valence-electron chi connectivity index (χ4n) is 4.16. The smallest absolute Gasteiger partial charge is 0.247 e. The number of fused-ring (bicyclic) bond motifs is 1. The van der Waals surface area contributed by atoms with Gasteiger partial charge in [0.2, 0.25) is 15.9 Å². The fraction of sp³-hybridized carbons (Fsp3) is 0.417. The number of hydrogen-bond acceptors (Lipinski definition) is 8. The number of nitrogens with zero attached hydrogens (tertiary/aromatic N) is 4. The first-order chi connectivity index (χ1) is 17.2. The number of rotatable bonds is 9. The highest BCUT2D eigenvalue weighted by Gasteiger charge is 2.42. The van der Waals surface area contributed by atoms with Gasteiger partial charge in [-0.05, 0) is 63.3 Å². The van der Waals surface area contributed by atoms with Crippen molar-refractivity contribution in [1.82, 2.24) is 14.2 Å². The van der Waals surface area contributed by atoms with Gasteiger partial charge in [0, 0.05) is 19.6 Å². The molecule has 12 heteroatoms. The molecule has 2 aromatic carbocycles. The molecule has 0 bridgehead atoms. The molecule has 3 aromatic rings. The summed E-state index contributed by atoms with van der Waals surface area (Å²) in [5, 5.41) is 0.969. The van der Waals surface area contributed by atoms with Gasteiger partial charge in [-0.25, -0.2) is 13.4 Å². The molecule has 1 atom stereocenters. The molecule has 1 unspecified atom stereocenters. The Kier molecular flexibility index (Phi) is 8.06. The Morgan fingerprint density at radius 1 is 1.14 bits per heavy atom. The normalized spacial score (nSPS) is 16.6. The molecule has 1 aliphatic rings. The number of ether oxygens (including phenoxy) is 2. The molecular weight excluding hydrogens is 524 g/mol. The monoisotopic (exact) mass is 552 g/mol. The Morgan fingerprint density at radius 3 is 2.50 bits per heavy atom. The first-order valence-corrected chi connectivity index (χ1v) is 14.1. The molecule has 0 radical (unpaired) electrons. The van der Waals surface area contributed by atoms with Gasteiger partial charge in [0.15, 0.2) is 5.13 Å². The van der Waals surface area contributed by atoms with Crippen LogP contribution < -0.4 is 14.4 Å². The van der Waals surface area contributed by atoms with E-state index in [1.165, 1.54) is 34.9 Å².